The highest BCUT2D eigenvalue weighted by Gasteiger charge is 2.21. The van der Waals surface area contributed by atoms with Crippen molar-refractivity contribution in [2.45, 2.75) is 39.3 Å². The normalized spacial score (nSPS) is 12.6. The molecule has 0 aliphatic rings. The van der Waals surface area contributed by atoms with Crippen molar-refractivity contribution in [2.24, 2.45) is 0 Å². The van der Waals surface area contributed by atoms with Crippen LogP contribution in [-0.4, -0.2) is 21.9 Å². The number of halogens is 1. The Hall–Kier alpha value is -2.09. The van der Waals surface area contributed by atoms with Gasteiger partial charge >= 0.3 is 12.1 Å². The number of nitrogens with one attached hydrogen (secondary N) is 2. The molecule has 0 saturated heterocycles. The van der Waals surface area contributed by atoms with Gasteiger partial charge in [0.05, 0.1) is 0 Å². The van der Waals surface area contributed by atoms with Crippen molar-refractivity contribution < 1.29 is 13.9 Å². The second kappa shape index (κ2) is 6.99. The number of benzene rings is 1. The maximum Gasteiger partial charge on any atom is 0.408 e. The number of hydrogen-bond donors (Lipinski definition) is 2. The number of carbonyl (C=O) groups is 1. The third-order valence-corrected chi connectivity index (χ3v) is 3.11. The molecule has 0 aliphatic carbocycles. The fraction of sp³-hybridized carbons (Fsp3) is 0.400. The van der Waals surface area contributed by atoms with E-state index < -0.39 is 17.7 Å². The van der Waals surface area contributed by atoms with Crippen molar-refractivity contribution >= 4 is 33.7 Å². The Bertz CT molecular complexity index is 681. The lowest BCUT2D eigenvalue weighted by molar-refractivity contribution is 0.0501. The molecule has 0 unspecified atom stereocenters. The van der Waals surface area contributed by atoms with E-state index in [9.17, 15) is 4.79 Å². The van der Waals surface area contributed by atoms with E-state index in [0.717, 1.165) is 10.2 Å². The van der Waals surface area contributed by atoms with Gasteiger partial charge in [0.15, 0.2) is 0 Å². The van der Waals surface area contributed by atoms with Crippen molar-refractivity contribution in [3.05, 3.63) is 34.6 Å². The lowest BCUT2D eigenvalue weighted by Crippen LogP contribution is -2.34. The third kappa shape index (κ3) is 5.55. The van der Waals surface area contributed by atoms with Gasteiger partial charge in [0.25, 0.3) is 0 Å². The van der Waals surface area contributed by atoms with Gasteiger partial charge in [-0.25, -0.2) is 4.79 Å². The first kappa shape index (κ1) is 17.3. The highest BCUT2D eigenvalue weighted by atomic mass is 79.9. The fourth-order valence-corrected chi connectivity index (χ4v) is 2.10. The molecule has 1 amide bonds. The van der Waals surface area contributed by atoms with Gasteiger partial charge in [-0.15, -0.1) is 5.10 Å². The van der Waals surface area contributed by atoms with E-state index in [0.29, 0.717) is 0 Å². The Labute approximate surface area is 142 Å². The summed E-state index contributed by atoms with van der Waals surface area (Å²) in [4.78, 5) is 11.7. The molecule has 23 heavy (non-hydrogen) atoms. The van der Waals surface area contributed by atoms with Gasteiger partial charge in [-0.3, -0.25) is 0 Å². The number of aromatic nitrogens is 2. The van der Waals surface area contributed by atoms with E-state index in [1.807, 2.05) is 24.3 Å². The van der Waals surface area contributed by atoms with Crippen LogP contribution >= 0.6 is 15.9 Å². The van der Waals surface area contributed by atoms with E-state index in [-0.39, 0.29) is 11.9 Å². The van der Waals surface area contributed by atoms with E-state index >= 15 is 0 Å². The summed E-state index contributed by atoms with van der Waals surface area (Å²) >= 11 is 3.39. The summed E-state index contributed by atoms with van der Waals surface area (Å²) in [5, 5.41) is 13.5. The Kier molecular flexibility index (Phi) is 5.25. The van der Waals surface area contributed by atoms with Crippen molar-refractivity contribution in [3.8, 4) is 0 Å². The highest BCUT2D eigenvalue weighted by Crippen LogP contribution is 2.21. The zero-order chi connectivity index (χ0) is 17.0. The molecule has 0 bridgehead atoms. The molecule has 2 N–H and O–H groups in total. The van der Waals surface area contributed by atoms with Crippen LogP contribution in [0.1, 0.15) is 39.6 Å². The minimum atomic E-state index is -0.563. The molecular weight excluding hydrogens is 364 g/mol. The van der Waals surface area contributed by atoms with Gasteiger partial charge in [-0.05, 0) is 45.9 Å². The number of carbonyl (C=O) groups excluding carboxylic acids is 1. The molecule has 0 spiro atoms. The molecule has 2 aromatic rings. The summed E-state index contributed by atoms with van der Waals surface area (Å²) in [6.45, 7) is 7.12. The number of alkyl carbamates (subject to hydrolysis) is 1. The summed E-state index contributed by atoms with van der Waals surface area (Å²) in [7, 11) is 0. The zero-order valence-electron chi connectivity index (χ0n) is 13.4. The standard InChI is InChI=1S/C15H19BrN4O3/c1-9(17-14(21)23-15(2,3)4)12-19-20-13(22-12)18-11-7-5-6-10(16)8-11/h5-9H,1-4H3,(H,17,21)(H,18,20)/t9-/m0/s1. The van der Waals surface area contributed by atoms with E-state index in [1.165, 1.54) is 0 Å². The number of hydrogen-bond acceptors (Lipinski definition) is 6. The highest BCUT2D eigenvalue weighted by molar-refractivity contribution is 9.10. The zero-order valence-corrected chi connectivity index (χ0v) is 15.0. The molecule has 2 rings (SSSR count). The molecule has 124 valence electrons. The number of amides is 1. The van der Waals surface area contributed by atoms with Crippen LogP contribution in [-0.2, 0) is 4.74 Å². The second-order valence-corrected chi connectivity index (χ2v) is 6.86. The van der Waals surface area contributed by atoms with Crippen molar-refractivity contribution in [1.82, 2.24) is 15.5 Å². The van der Waals surface area contributed by atoms with E-state index in [4.69, 9.17) is 9.15 Å². The summed E-state index contributed by atoms with van der Waals surface area (Å²) in [6.07, 6.45) is -0.537. The SMILES string of the molecule is C[C@H](NC(=O)OC(C)(C)C)c1nnc(Nc2cccc(Br)c2)o1. The van der Waals surface area contributed by atoms with Gasteiger partial charge in [0.1, 0.15) is 11.6 Å². The predicted molar refractivity (Wildman–Crippen MR) is 89.5 cm³/mol. The molecule has 0 radical (unpaired) electrons. The van der Waals surface area contributed by atoms with E-state index in [2.05, 4.69) is 36.8 Å². The summed E-state index contributed by atoms with van der Waals surface area (Å²) in [5.41, 5.74) is 0.244. The number of ether oxygens (including phenoxy) is 1. The van der Waals surface area contributed by atoms with Crippen LogP contribution in [0, 0.1) is 0 Å². The van der Waals surface area contributed by atoms with Crippen molar-refractivity contribution in [2.75, 3.05) is 5.32 Å². The van der Waals surface area contributed by atoms with Crippen LogP contribution in [0.5, 0.6) is 0 Å². The lowest BCUT2D eigenvalue weighted by Gasteiger charge is -2.20. The Morgan fingerprint density at radius 2 is 2.09 bits per heavy atom. The van der Waals surface area contributed by atoms with Crippen molar-refractivity contribution in [3.63, 3.8) is 0 Å². The minimum Gasteiger partial charge on any atom is -0.444 e. The maximum atomic E-state index is 11.7. The van der Waals surface area contributed by atoms with Crippen LogP contribution in [0.4, 0.5) is 16.5 Å². The summed E-state index contributed by atoms with van der Waals surface area (Å²) in [5.74, 6) is 0.286. The molecule has 1 atom stereocenters. The molecule has 1 heterocycles. The summed E-state index contributed by atoms with van der Waals surface area (Å²) < 4.78 is 11.6. The maximum absolute atomic E-state index is 11.7. The molecule has 1 aromatic heterocycles. The molecule has 7 nitrogen and oxygen atoms in total. The minimum absolute atomic E-state index is 0.246. The monoisotopic (exact) mass is 382 g/mol. The molecule has 0 fully saturated rings. The van der Waals surface area contributed by atoms with Gasteiger partial charge in [-0.2, -0.15) is 0 Å². The molecule has 8 heteroatoms. The molecular formula is C15H19BrN4O3. The van der Waals surface area contributed by atoms with Gasteiger partial charge in [0.2, 0.25) is 5.89 Å². The van der Waals surface area contributed by atoms with Crippen molar-refractivity contribution in [1.29, 1.82) is 0 Å². The van der Waals surface area contributed by atoms with Gasteiger partial charge < -0.3 is 19.8 Å². The fourth-order valence-electron chi connectivity index (χ4n) is 1.70. The van der Waals surface area contributed by atoms with Crippen LogP contribution in [0.2, 0.25) is 0 Å². The Morgan fingerprint density at radius 3 is 2.74 bits per heavy atom. The predicted octanol–water partition coefficient (Wildman–Crippen LogP) is 4.16. The first-order valence-corrected chi connectivity index (χ1v) is 7.88. The number of anilines is 2. The molecule has 0 saturated carbocycles. The van der Waals surface area contributed by atoms with E-state index in [1.54, 1.807) is 27.7 Å². The van der Waals surface area contributed by atoms with Gasteiger partial charge in [0, 0.05) is 10.2 Å². The van der Waals surface area contributed by atoms with Crippen LogP contribution in [0.25, 0.3) is 0 Å². The average molecular weight is 383 g/mol. The topological polar surface area (TPSA) is 89.3 Å². The Morgan fingerprint density at radius 1 is 1.35 bits per heavy atom. The first-order valence-electron chi connectivity index (χ1n) is 7.08. The number of rotatable bonds is 4. The van der Waals surface area contributed by atoms with Crippen LogP contribution in [0.15, 0.2) is 33.2 Å². The van der Waals surface area contributed by atoms with Crippen LogP contribution < -0.4 is 10.6 Å². The molecule has 1 aromatic carbocycles. The second-order valence-electron chi connectivity index (χ2n) is 5.95. The summed E-state index contributed by atoms with van der Waals surface area (Å²) in [6, 6.07) is 7.34. The smallest absolute Gasteiger partial charge is 0.408 e. The third-order valence-electron chi connectivity index (χ3n) is 2.62. The Balaban J connectivity index is 1.97. The number of nitrogens with zero attached hydrogens (tertiary/aromatic N) is 2. The molecule has 0 aliphatic heterocycles. The lowest BCUT2D eigenvalue weighted by atomic mass is 10.2. The quantitative estimate of drug-likeness (QED) is 0.824. The van der Waals surface area contributed by atoms with Crippen LogP contribution in [0.3, 0.4) is 0 Å². The average Bonchev–Trinajstić information content (AvgIpc) is 2.85. The first-order chi connectivity index (χ1) is 10.7. The van der Waals surface area contributed by atoms with Gasteiger partial charge in [-0.1, -0.05) is 27.1 Å². The largest absolute Gasteiger partial charge is 0.444 e.